The van der Waals surface area contributed by atoms with Crippen molar-refractivity contribution in [3.8, 4) is 0 Å². The summed E-state index contributed by atoms with van der Waals surface area (Å²) in [5.74, 6) is -1.93. The first-order valence-electron chi connectivity index (χ1n) is 5.17. The molecule has 0 atom stereocenters. The molecule has 0 aliphatic carbocycles. The van der Waals surface area contributed by atoms with Crippen molar-refractivity contribution in [1.82, 2.24) is 4.98 Å². The molecular formula is C13H9F2NOS. The Bertz CT molecular complexity index is 601. The highest BCUT2D eigenvalue weighted by Crippen LogP contribution is 2.29. The van der Waals surface area contributed by atoms with Crippen LogP contribution in [-0.4, -0.2) is 10.8 Å². The molecule has 0 unspecified atom stereocenters. The number of aromatic nitrogens is 1. The summed E-state index contributed by atoms with van der Waals surface area (Å²) in [5, 5.41) is 0.482. The second-order valence-corrected chi connectivity index (χ2v) is 4.65. The van der Waals surface area contributed by atoms with E-state index in [4.69, 9.17) is 0 Å². The standard InChI is InChI=1S/C13H9F2NOS/c1-8(17)10-3-2-6-16-13(10)18-9-4-5-11(14)12(15)7-9/h2-7H,1H3. The molecule has 0 fully saturated rings. The van der Waals surface area contributed by atoms with Crippen LogP contribution >= 0.6 is 11.8 Å². The van der Waals surface area contributed by atoms with Crippen LogP contribution in [0.3, 0.4) is 0 Å². The van der Waals surface area contributed by atoms with Crippen LogP contribution in [0, 0.1) is 11.6 Å². The van der Waals surface area contributed by atoms with E-state index >= 15 is 0 Å². The molecule has 0 radical (unpaired) electrons. The van der Waals surface area contributed by atoms with E-state index in [9.17, 15) is 13.6 Å². The van der Waals surface area contributed by atoms with Crippen LogP contribution in [0.1, 0.15) is 17.3 Å². The molecule has 5 heteroatoms. The van der Waals surface area contributed by atoms with Crippen molar-refractivity contribution in [2.45, 2.75) is 16.8 Å². The first-order chi connectivity index (χ1) is 8.58. The minimum atomic E-state index is -0.916. The van der Waals surface area contributed by atoms with Crippen molar-refractivity contribution in [3.63, 3.8) is 0 Å². The lowest BCUT2D eigenvalue weighted by atomic mass is 10.2. The summed E-state index contributed by atoms with van der Waals surface area (Å²) < 4.78 is 25.9. The van der Waals surface area contributed by atoms with Crippen LogP contribution < -0.4 is 0 Å². The minimum Gasteiger partial charge on any atom is -0.294 e. The molecule has 2 rings (SSSR count). The summed E-state index contributed by atoms with van der Waals surface area (Å²) >= 11 is 1.13. The van der Waals surface area contributed by atoms with Gasteiger partial charge in [-0.05, 0) is 37.3 Å². The molecular weight excluding hydrogens is 256 g/mol. The van der Waals surface area contributed by atoms with Crippen LogP contribution in [0.5, 0.6) is 0 Å². The summed E-state index contributed by atoms with van der Waals surface area (Å²) in [5.41, 5.74) is 0.465. The first-order valence-corrected chi connectivity index (χ1v) is 5.98. The summed E-state index contributed by atoms with van der Waals surface area (Å²) in [4.78, 5) is 16.0. The Morgan fingerprint density at radius 3 is 2.67 bits per heavy atom. The number of hydrogen-bond donors (Lipinski definition) is 0. The highest BCUT2D eigenvalue weighted by Gasteiger charge is 2.10. The number of halogens is 2. The van der Waals surface area contributed by atoms with Gasteiger partial charge in [-0.2, -0.15) is 0 Å². The van der Waals surface area contributed by atoms with Crippen molar-refractivity contribution in [2.75, 3.05) is 0 Å². The highest BCUT2D eigenvalue weighted by molar-refractivity contribution is 7.99. The molecule has 0 bridgehead atoms. The quantitative estimate of drug-likeness (QED) is 0.792. The van der Waals surface area contributed by atoms with E-state index in [1.807, 2.05) is 0 Å². The second kappa shape index (κ2) is 5.27. The zero-order valence-electron chi connectivity index (χ0n) is 9.48. The molecule has 0 N–H and O–H groups in total. The maximum absolute atomic E-state index is 13.1. The fourth-order valence-corrected chi connectivity index (χ4v) is 2.35. The van der Waals surface area contributed by atoms with Crippen LogP contribution in [0.25, 0.3) is 0 Å². The fraction of sp³-hybridized carbons (Fsp3) is 0.0769. The van der Waals surface area contributed by atoms with Crippen molar-refractivity contribution in [2.24, 2.45) is 0 Å². The van der Waals surface area contributed by atoms with E-state index in [1.165, 1.54) is 13.0 Å². The monoisotopic (exact) mass is 265 g/mol. The first kappa shape index (κ1) is 12.7. The summed E-state index contributed by atoms with van der Waals surface area (Å²) in [6.45, 7) is 1.44. The maximum Gasteiger partial charge on any atom is 0.162 e. The van der Waals surface area contributed by atoms with E-state index in [2.05, 4.69) is 4.98 Å². The predicted octanol–water partition coefficient (Wildman–Crippen LogP) is 3.71. The van der Waals surface area contributed by atoms with E-state index < -0.39 is 11.6 Å². The molecule has 18 heavy (non-hydrogen) atoms. The number of pyridine rings is 1. The Morgan fingerprint density at radius 2 is 2.00 bits per heavy atom. The molecule has 0 spiro atoms. The van der Waals surface area contributed by atoms with Gasteiger partial charge in [0.2, 0.25) is 0 Å². The lowest BCUT2D eigenvalue weighted by Crippen LogP contribution is -1.96. The van der Waals surface area contributed by atoms with E-state index in [0.717, 1.165) is 23.9 Å². The molecule has 0 aliphatic heterocycles. The average molecular weight is 265 g/mol. The lowest BCUT2D eigenvalue weighted by Gasteiger charge is -2.05. The number of Topliss-reactive ketones (excluding diaryl/α,β-unsaturated/α-hetero) is 1. The third-order valence-electron chi connectivity index (χ3n) is 2.26. The van der Waals surface area contributed by atoms with Gasteiger partial charge in [0.05, 0.1) is 0 Å². The number of hydrogen-bond acceptors (Lipinski definition) is 3. The Balaban J connectivity index is 2.34. The number of rotatable bonds is 3. The zero-order valence-corrected chi connectivity index (χ0v) is 10.3. The second-order valence-electron chi connectivity index (χ2n) is 3.59. The highest BCUT2D eigenvalue weighted by atomic mass is 32.2. The molecule has 2 aromatic rings. The van der Waals surface area contributed by atoms with Gasteiger partial charge in [-0.25, -0.2) is 13.8 Å². The Morgan fingerprint density at radius 1 is 1.22 bits per heavy atom. The van der Waals surface area contributed by atoms with Crippen LogP contribution in [0.2, 0.25) is 0 Å². The molecule has 2 nitrogen and oxygen atoms in total. The van der Waals surface area contributed by atoms with Gasteiger partial charge < -0.3 is 0 Å². The molecule has 0 saturated carbocycles. The van der Waals surface area contributed by atoms with Crippen molar-refractivity contribution >= 4 is 17.5 Å². The topological polar surface area (TPSA) is 30.0 Å². The lowest BCUT2D eigenvalue weighted by molar-refractivity contribution is 0.101. The summed E-state index contributed by atoms with van der Waals surface area (Å²) in [6, 6.07) is 6.89. The van der Waals surface area contributed by atoms with Crippen LogP contribution in [0.4, 0.5) is 8.78 Å². The van der Waals surface area contributed by atoms with Gasteiger partial charge >= 0.3 is 0 Å². The van der Waals surface area contributed by atoms with Crippen molar-refractivity contribution in [3.05, 3.63) is 53.7 Å². The normalized spacial score (nSPS) is 10.4. The largest absolute Gasteiger partial charge is 0.294 e. The SMILES string of the molecule is CC(=O)c1cccnc1Sc1ccc(F)c(F)c1. The third kappa shape index (κ3) is 2.73. The Labute approximate surface area is 107 Å². The molecule has 1 aromatic carbocycles. The third-order valence-corrected chi connectivity index (χ3v) is 3.26. The van der Waals surface area contributed by atoms with Gasteiger partial charge in [0, 0.05) is 16.7 Å². The van der Waals surface area contributed by atoms with E-state index in [0.29, 0.717) is 15.5 Å². The molecule has 1 heterocycles. The molecule has 0 amide bonds. The maximum atomic E-state index is 13.1. The van der Waals surface area contributed by atoms with Gasteiger partial charge in [0.25, 0.3) is 0 Å². The van der Waals surface area contributed by atoms with E-state index in [1.54, 1.807) is 18.3 Å². The molecule has 92 valence electrons. The van der Waals surface area contributed by atoms with Gasteiger partial charge in [0.15, 0.2) is 17.4 Å². The molecule has 0 saturated heterocycles. The molecule has 1 aromatic heterocycles. The van der Waals surface area contributed by atoms with Gasteiger partial charge in [-0.15, -0.1) is 0 Å². The van der Waals surface area contributed by atoms with E-state index in [-0.39, 0.29) is 5.78 Å². The number of carbonyl (C=O) groups excluding carboxylic acids is 1. The van der Waals surface area contributed by atoms with Gasteiger partial charge in [0.1, 0.15) is 5.03 Å². The molecule has 0 aliphatic rings. The van der Waals surface area contributed by atoms with Gasteiger partial charge in [-0.3, -0.25) is 4.79 Å². The number of ketones is 1. The summed E-state index contributed by atoms with van der Waals surface area (Å²) in [6.07, 6.45) is 1.55. The van der Waals surface area contributed by atoms with Crippen LogP contribution in [0.15, 0.2) is 46.5 Å². The Hall–Kier alpha value is -1.75. The van der Waals surface area contributed by atoms with Gasteiger partial charge in [-0.1, -0.05) is 11.8 Å². The smallest absolute Gasteiger partial charge is 0.162 e. The van der Waals surface area contributed by atoms with Crippen molar-refractivity contribution in [1.29, 1.82) is 0 Å². The average Bonchev–Trinajstić information content (AvgIpc) is 2.34. The van der Waals surface area contributed by atoms with Crippen LogP contribution in [-0.2, 0) is 0 Å². The summed E-state index contributed by atoms with van der Waals surface area (Å²) in [7, 11) is 0. The number of benzene rings is 1. The predicted molar refractivity (Wildman–Crippen MR) is 64.7 cm³/mol. The number of carbonyl (C=O) groups is 1. The number of nitrogens with zero attached hydrogens (tertiary/aromatic N) is 1. The fourth-order valence-electron chi connectivity index (χ4n) is 1.39. The minimum absolute atomic E-state index is 0.117. The van der Waals surface area contributed by atoms with Crippen molar-refractivity contribution < 1.29 is 13.6 Å². The Kier molecular flexibility index (Phi) is 3.72. The zero-order chi connectivity index (χ0) is 13.1.